The lowest BCUT2D eigenvalue weighted by molar-refractivity contribution is -0.134. The molecule has 0 rings (SSSR count). The predicted molar refractivity (Wildman–Crippen MR) is 24.9 cm³/mol. The molecule has 0 fully saturated rings. The summed E-state index contributed by atoms with van der Waals surface area (Å²) < 4.78 is 34.0. The van der Waals surface area contributed by atoms with E-state index in [1.54, 1.807) is 0 Å². The first kappa shape index (κ1) is 7.81. The molecule has 1 nitrogen and oxygen atoms in total. The zero-order valence-corrected chi connectivity index (χ0v) is 4.59. The molecule has 0 unspecified atom stereocenters. The first-order chi connectivity index (χ1) is 3.50. The maximum Gasteiger partial charge on any atom is 0.342 e. The van der Waals surface area contributed by atoms with Crippen molar-refractivity contribution in [2.45, 2.75) is 5.92 Å². The smallest absolute Gasteiger partial charge is 0.280 e. The third kappa shape index (κ3) is 1.73. The summed E-state index contributed by atoms with van der Waals surface area (Å²) in [6.45, 7) is -1.98. The monoisotopic (exact) mass is 144 g/mol. The van der Waals surface area contributed by atoms with Crippen LogP contribution in [0.1, 0.15) is 0 Å². The average molecular weight is 144 g/mol. The topological polar surface area (TPSA) is 17.1 Å². The van der Waals surface area contributed by atoms with Gasteiger partial charge in [0, 0.05) is 0 Å². The van der Waals surface area contributed by atoms with E-state index < -0.39 is 17.7 Å². The second-order valence-corrected chi connectivity index (χ2v) is 1.55. The van der Waals surface area contributed by atoms with Gasteiger partial charge in [-0.2, -0.15) is 8.78 Å². The molecule has 0 aromatic rings. The fourth-order valence-electron chi connectivity index (χ4n) is 0.0572. The second-order valence-electron chi connectivity index (χ2n) is 1.14. The Bertz CT molecular complexity index is 103. The number of hydrogen-bond donors (Lipinski definition) is 1. The van der Waals surface area contributed by atoms with Crippen LogP contribution in [0.4, 0.5) is 13.2 Å². The molecular weight excluding hydrogens is 141 g/mol. The maximum atomic E-state index is 11.5. The lowest BCUT2D eigenvalue weighted by Crippen LogP contribution is -2.26. The highest BCUT2D eigenvalue weighted by molar-refractivity contribution is 7.96. The van der Waals surface area contributed by atoms with Crippen molar-refractivity contribution in [3.8, 4) is 0 Å². The van der Waals surface area contributed by atoms with Crippen molar-refractivity contribution in [3.05, 3.63) is 0 Å². The van der Waals surface area contributed by atoms with Crippen LogP contribution in [0.2, 0.25) is 0 Å². The number of hydrogen-bond acceptors (Lipinski definition) is 1. The van der Waals surface area contributed by atoms with Crippen LogP contribution in [0.3, 0.4) is 0 Å². The van der Waals surface area contributed by atoms with Crippen molar-refractivity contribution in [2.24, 2.45) is 0 Å². The number of carbonyl (C=O) groups excluding carboxylic acids is 1. The summed E-state index contributed by atoms with van der Waals surface area (Å²) in [6.07, 6.45) is 0. The van der Waals surface area contributed by atoms with E-state index in [0.717, 1.165) is 0 Å². The van der Waals surface area contributed by atoms with Crippen LogP contribution in [0.15, 0.2) is 0 Å². The van der Waals surface area contributed by atoms with Gasteiger partial charge in [-0.05, 0) is 0 Å². The van der Waals surface area contributed by atoms with E-state index in [1.807, 2.05) is 0 Å². The Kier molecular flexibility index (Phi) is 2.33. The van der Waals surface area contributed by atoms with Gasteiger partial charge in [-0.3, -0.25) is 4.79 Å². The van der Waals surface area contributed by atoms with Gasteiger partial charge in [0.2, 0.25) is 0 Å². The van der Waals surface area contributed by atoms with Crippen molar-refractivity contribution in [3.63, 3.8) is 0 Å². The number of thiol groups is 1. The first-order valence-electron chi connectivity index (χ1n) is 1.68. The van der Waals surface area contributed by atoms with Gasteiger partial charge >= 0.3 is 5.92 Å². The standard InChI is InChI=1S/C3H3F3OS/c4-1-3(5,6)2(7)8/h1H2,(H,7,8). The minimum Gasteiger partial charge on any atom is -0.280 e. The molecule has 8 heavy (non-hydrogen) atoms. The molecule has 0 saturated carbocycles. The van der Waals surface area contributed by atoms with E-state index in [9.17, 15) is 18.0 Å². The molecule has 0 bridgehead atoms. The molecule has 0 aliphatic rings. The number of alkyl halides is 3. The van der Waals surface area contributed by atoms with Crippen molar-refractivity contribution >= 4 is 17.7 Å². The molecule has 48 valence electrons. The SMILES string of the molecule is O=C(S)C(F)(F)CF. The molecule has 0 spiro atoms. The van der Waals surface area contributed by atoms with Gasteiger partial charge < -0.3 is 0 Å². The third-order valence-electron chi connectivity index (χ3n) is 0.481. The molecule has 0 amide bonds. The van der Waals surface area contributed by atoms with Crippen LogP contribution in [0.5, 0.6) is 0 Å². The Labute approximate surface area is 49.3 Å². The summed E-state index contributed by atoms with van der Waals surface area (Å²) in [6, 6.07) is 0. The maximum absolute atomic E-state index is 11.5. The van der Waals surface area contributed by atoms with Gasteiger partial charge in [0.05, 0.1) is 0 Å². The summed E-state index contributed by atoms with van der Waals surface area (Å²) in [5.74, 6) is -3.90. The number of rotatable bonds is 2. The third-order valence-corrected chi connectivity index (χ3v) is 0.808. The van der Waals surface area contributed by atoms with Crippen LogP contribution in [0.25, 0.3) is 0 Å². The highest BCUT2D eigenvalue weighted by Crippen LogP contribution is 2.16. The summed E-state index contributed by atoms with van der Waals surface area (Å²) >= 11 is 2.73. The molecule has 0 saturated heterocycles. The van der Waals surface area contributed by atoms with Crippen LogP contribution in [-0.2, 0) is 4.79 Å². The van der Waals surface area contributed by atoms with Gasteiger partial charge in [-0.15, -0.1) is 0 Å². The van der Waals surface area contributed by atoms with Gasteiger partial charge in [0.1, 0.15) is 0 Å². The van der Waals surface area contributed by atoms with Gasteiger partial charge in [-0.25, -0.2) is 4.39 Å². The molecule has 0 aromatic heterocycles. The van der Waals surface area contributed by atoms with E-state index in [0.29, 0.717) is 0 Å². The Morgan fingerprint density at radius 2 is 2.00 bits per heavy atom. The van der Waals surface area contributed by atoms with Crippen molar-refractivity contribution in [2.75, 3.05) is 6.67 Å². The molecule has 0 atom stereocenters. The Hall–Kier alpha value is -0.190. The quantitative estimate of drug-likeness (QED) is 0.573. The summed E-state index contributed by atoms with van der Waals surface area (Å²) in [5, 5.41) is -1.74. The fraction of sp³-hybridized carbons (Fsp3) is 0.667. The van der Waals surface area contributed by atoms with Crippen LogP contribution >= 0.6 is 12.6 Å². The van der Waals surface area contributed by atoms with Crippen molar-refractivity contribution in [1.82, 2.24) is 0 Å². The summed E-state index contributed by atoms with van der Waals surface area (Å²) in [4.78, 5) is 9.57. The Morgan fingerprint density at radius 1 is 1.62 bits per heavy atom. The normalized spacial score (nSPS) is 11.5. The molecule has 5 heteroatoms. The Balaban J connectivity index is 3.91. The van der Waals surface area contributed by atoms with E-state index in [4.69, 9.17) is 0 Å². The highest BCUT2D eigenvalue weighted by atomic mass is 32.1. The molecule has 0 aliphatic heterocycles. The zero-order chi connectivity index (χ0) is 6.78. The lowest BCUT2D eigenvalue weighted by atomic mass is 10.4. The summed E-state index contributed by atoms with van der Waals surface area (Å²) in [7, 11) is 0. The van der Waals surface area contributed by atoms with Crippen molar-refractivity contribution < 1.29 is 18.0 Å². The van der Waals surface area contributed by atoms with Gasteiger partial charge in [0.25, 0.3) is 5.12 Å². The number of halogens is 3. The van der Waals surface area contributed by atoms with Crippen LogP contribution in [0, 0.1) is 0 Å². The first-order valence-corrected chi connectivity index (χ1v) is 2.12. The fourth-order valence-corrected chi connectivity index (χ4v) is 0.117. The summed E-state index contributed by atoms with van der Waals surface area (Å²) in [5.41, 5.74) is 0. The average Bonchev–Trinajstić information content (AvgIpc) is 1.67. The molecule has 0 heterocycles. The van der Waals surface area contributed by atoms with E-state index in [-0.39, 0.29) is 0 Å². The minimum atomic E-state index is -3.90. The largest absolute Gasteiger partial charge is 0.342 e. The van der Waals surface area contributed by atoms with Gasteiger partial charge in [-0.1, -0.05) is 12.6 Å². The van der Waals surface area contributed by atoms with E-state index >= 15 is 0 Å². The molecule has 0 aromatic carbocycles. The number of carbonyl (C=O) groups is 1. The molecule has 0 radical (unpaired) electrons. The van der Waals surface area contributed by atoms with Gasteiger partial charge in [0.15, 0.2) is 6.67 Å². The van der Waals surface area contributed by atoms with Crippen LogP contribution in [-0.4, -0.2) is 17.7 Å². The minimum absolute atomic E-state index is 1.74. The van der Waals surface area contributed by atoms with Crippen LogP contribution < -0.4 is 0 Å². The predicted octanol–water partition coefficient (Wildman–Crippen LogP) is 1.05. The van der Waals surface area contributed by atoms with E-state index in [1.165, 1.54) is 0 Å². The zero-order valence-electron chi connectivity index (χ0n) is 3.70. The highest BCUT2D eigenvalue weighted by Gasteiger charge is 2.35. The lowest BCUT2D eigenvalue weighted by Gasteiger charge is -2.03. The van der Waals surface area contributed by atoms with E-state index in [2.05, 4.69) is 12.6 Å². The molecule has 0 N–H and O–H groups in total. The molecular formula is C3H3F3OS. The Morgan fingerprint density at radius 3 is 2.00 bits per heavy atom. The molecule has 0 aliphatic carbocycles. The van der Waals surface area contributed by atoms with Crippen molar-refractivity contribution in [1.29, 1.82) is 0 Å². The second kappa shape index (κ2) is 2.39.